The number of terminal acetylenes is 1. The Kier molecular flexibility index (Phi) is 8.25. The summed E-state index contributed by atoms with van der Waals surface area (Å²) in [6.45, 7) is -0.0716. The molecule has 2 aliphatic rings. The predicted octanol–water partition coefficient (Wildman–Crippen LogP) is -0.873. The van der Waals surface area contributed by atoms with Crippen molar-refractivity contribution < 1.29 is 43.2 Å². The van der Waals surface area contributed by atoms with Crippen LogP contribution in [0.25, 0.3) is 0 Å². The summed E-state index contributed by atoms with van der Waals surface area (Å²) in [6, 6.07) is 0. The molecule has 2 fully saturated rings. The van der Waals surface area contributed by atoms with Crippen LogP contribution in [0.5, 0.6) is 0 Å². The Morgan fingerprint density at radius 3 is 1.58 bits per heavy atom. The maximum atomic E-state index is 12.3. The zero-order valence-electron chi connectivity index (χ0n) is 16.6. The van der Waals surface area contributed by atoms with Crippen LogP contribution < -0.4 is 5.32 Å². The van der Waals surface area contributed by atoms with E-state index >= 15 is 0 Å². The zero-order valence-corrected chi connectivity index (χ0v) is 16.6. The molecular formula is C19H21N3O9. The highest BCUT2D eigenvalue weighted by molar-refractivity contribution is 6.02. The summed E-state index contributed by atoms with van der Waals surface area (Å²) in [5, 5.41) is 3.24. The summed E-state index contributed by atoms with van der Waals surface area (Å²) in [5.41, 5.74) is 0. The van der Waals surface area contributed by atoms with Crippen LogP contribution in [0.3, 0.4) is 0 Å². The summed E-state index contributed by atoms with van der Waals surface area (Å²) in [6.07, 6.45) is 4.14. The van der Waals surface area contributed by atoms with E-state index in [1.807, 2.05) is 0 Å². The molecule has 31 heavy (non-hydrogen) atoms. The Bertz CT molecular complexity index is 759. The molecule has 2 aliphatic heterocycles. The standard InChI is InChI=1S/C19H21N3O9/c1-2-11-20-19(29)12(3-9-17(27)30-21-13(23)5-6-14(21)24)4-10-18(28)31-22-15(25)7-8-16(22)26/h1,12H,3-11H2,(H,20,29). The van der Waals surface area contributed by atoms with Crippen LogP contribution in [0.1, 0.15) is 51.4 Å². The van der Waals surface area contributed by atoms with Gasteiger partial charge in [0.05, 0.1) is 6.54 Å². The first-order valence-electron chi connectivity index (χ1n) is 9.57. The van der Waals surface area contributed by atoms with E-state index in [-0.39, 0.29) is 57.9 Å². The van der Waals surface area contributed by atoms with Gasteiger partial charge in [0.15, 0.2) is 0 Å². The van der Waals surface area contributed by atoms with Gasteiger partial charge in [-0.2, -0.15) is 0 Å². The number of hydrogen-bond acceptors (Lipinski definition) is 9. The minimum atomic E-state index is -0.894. The molecule has 166 valence electrons. The van der Waals surface area contributed by atoms with E-state index in [1.54, 1.807) is 0 Å². The van der Waals surface area contributed by atoms with Crippen LogP contribution in [0.2, 0.25) is 0 Å². The van der Waals surface area contributed by atoms with Crippen LogP contribution in [0.4, 0.5) is 0 Å². The van der Waals surface area contributed by atoms with Gasteiger partial charge in [-0.1, -0.05) is 5.92 Å². The quantitative estimate of drug-likeness (QED) is 0.340. The van der Waals surface area contributed by atoms with Gasteiger partial charge in [-0.05, 0) is 12.8 Å². The summed E-state index contributed by atoms with van der Waals surface area (Å²) < 4.78 is 0. The van der Waals surface area contributed by atoms with Crippen LogP contribution in [0, 0.1) is 18.3 Å². The van der Waals surface area contributed by atoms with E-state index < -0.39 is 47.4 Å². The maximum Gasteiger partial charge on any atom is 0.333 e. The second-order valence-corrected chi connectivity index (χ2v) is 6.79. The fourth-order valence-corrected chi connectivity index (χ4v) is 2.88. The van der Waals surface area contributed by atoms with Crippen molar-refractivity contribution in [3.05, 3.63) is 0 Å². The Labute approximate surface area is 177 Å². The third-order valence-corrected chi connectivity index (χ3v) is 4.53. The minimum Gasteiger partial charge on any atom is -0.345 e. The highest BCUT2D eigenvalue weighted by atomic mass is 16.7. The number of amides is 5. The second kappa shape index (κ2) is 10.9. The fraction of sp³-hybridized carbons (Fsp3) is 0.526. The number of hydrogen-bond donors (Lipinski definition) is 1. The Hall–Kier alpha value is -3.75. The highest BCUT2D eigenvalue weighted by Gasteiger charge is 2.34. The molecule has 0 bridgehead atoms. The average Bonchev–Trinajstić information content (AvgIpc) is 3.22. The van der Waals surface area contributed by atoms with E-state index in [9.17, 15) is 33.6 Å². The molecule has 0 saturated carbocycles. The highest BCUT2D eigenvalue weighted by Crippen LogP contribution is 2.19. The molecule has 0 radical (unpaired) electrons. The molecule has 0 unspecified atom stereocenters. The van der Waals surface area contributed by atoms with E-state index in [2.05, 4.69) is 11.2 Å². The molecule has 0 aromatic carbocycles. The van der Waals surface area contributed by atoms with Crippen molar-refractivity contribution in [3.63, 3.8) is 0 Å². The molecule has 0 spiro atoms. The van der Waals surface area contributed by atoms with Gasteiger partial charge in [-0.15, -0.1) is 16.5 Å². The largest absolute Gasteiger partial charge is 0.345 e. The van der Waals surface area contributed by atoms with E-state index in [4.69, 9.17) is 16.1 Å². The molecular weight excluding hydrogens is 414 g/mol. The van der Waals surface area contributed by atoms with Crippen LogP contribution in [-0.4, -0.2) is 58.1 Å². The number of nitrogens with one attached hydrogen (secondary N) is 1. The molecule has 0 aliphatic carbocycles. The molecule has 12 heteroatoms. The van der Waals surface area contributed by atoms with Gasteiger partial charge < -0.3 is 15.0 Å². The lowest BCUT2D eigenvalue weighted by atomic mass is 9.96. The van der Waals surface area contributed by atoms with Gasteiger partial charge in [0.2, 0.25) is 5.91 Å². The predicted molar refractivity (Wildman–Crippen MR) is 98.2 cm³/mol. The first-order valence-corrected chi connectivity index (χ1v) is 9.57. The molecule has 0 atom stereocenters. The number of hydroxylamine groups is 4. The normalized spacial score (nSPS) is 16.0. The van der Waals surface area contributed by atoms with Gasteiger partial charge in [0.1, 0.15) is 0 Å². The van der Waals surface area contributed by atoms with E-state index in [0.717, 1.165) is 0 Å². The SMILES string of the molecule is C#CCNC(=O)C(CCC(=O)ON1C(=O)CCC1=O)CCC(=O)ON1C(=O)CCC1=O. The third kappa shape index (κ3) is 6.63. The number of imide groups is 2. The first kappa shape index (κ1) is 23.5. The lowest BCUT2D eigenvalue weighted by Gasteiger charge is -2.17. The summed E-state index contributed by atoms with van der Waals surface area (Å²) in [7, 11) is 0. The van der Waals surface area contributed by atoms with E-state index in [0.29, 0.717) is 10.1 Å². The lowest BCUT2D eigenvalue weighted by Crippen LogP contribution is -2.35. The van der Waals surface area contributed by atoms with Crippen molar-refractivity contribution >= 4 is 41.5 Å². The number of carbonyl (C=O) groups is 7. The molecule has 0 aromatic heterocycles. The number of nitrogens with zero attached hydrogens (tertiary/aromatic N) is 2. The van der Waals surface area contributed by atoms with Crippen molar-refractivity contribution in [1.29, 1.82) is 0 Å². The molecule has 12 nitrogen and oxygen atoms in total. The molecule has 5 amide bonds. The van der Waals surface area contributed by atoms with Crippen molar-refractivity contribution in [2.75, 3.05) is 6.54 Å². The molecule has 2 saturated heterocycles. The topological polar surface area (TPSA) is 156 Å². The number of carbonyl (C=O) groups excluding carboxylic acids is 7. The minimum absolute atomic E-state index is 0.0482. The van der Waals surface area contributed by atoms with Gasteiger partial charge in [0.25, 0.3) is 23.6 Å². The Balaban J connectivity index is 1.87. The molecule has 1 N–H and O–H groups in total. The second-order valence-electron chi connectivity index (χ2n) is 6.79. The Morgan fingerprint density at radius 1 is 0.839 bits per heavy atom. The molecule has 2 heterocycles. The van der Waals surface area contributed by atoms with Gasteiger partial charge in [-0.3, -0.25) is 24.0 Å². The van der Waals surface area contributed by atoms with Crippen molar-refractivity contribution in [3.8, 4) is 12.3 Å². The fourth-order valence-electron chi connectivity index (χ4n) is 2.88. The van der Waals surface area contributed by atoms with Crippen LogP contribution in [-0.2, 0) is 43.2 Å². The summed E-state index contributed by atoms with van der Waals surface area (Å²) in [5.74, 6) is -3.47. The van der Waals surface area contributed by atoms with Gasteiger partial charge in [0, 0.05) is 44.4 Å². The number of rotatable bonds is 10. The first-order chi connectivity index (χ1) is 14.7. The van der Waals surface area contributed by atoms with Gasteiger partial charge >= 0.3 is 11.9 Å². The average molecular weight is 435 g/mol. The lowest BCUT2D eigenvalue weighted by molar-refractivity contribution is -0.198. The smallest absolute Gasteiger partial charge is 0.333 e. The molecule has 0 aromatic rings. The zero-order chi connectivity index (χ0) is 23.0. The van der Waals surface area contributed by atoms with Gasteiger partial charge in [-0.25, -0.2) is 9.59 Å². The third-order valence-electron chi connectivity index (χ3n) is 4.53. The van der Waals surface area contributed by atoms with Crippen molar-refractivity contribution in [2.45, 2.75) is 51.4 Å². The Morgan fingerprint density at radius 2 is 1.23 bits per heavy atom. The summed E-state index contributed by atoms with van der Waals surface area (Å²) >= 11 is 0. The van der Waals surface area contributed by atoms with Crippen LogP contribution >= 0.6 is 0 Å². The summed E-state index contributed by atoms with van der Waals surface area (Å²) in [4.78, 5) is 91.7. The van der Waals surface area contributed by atoms with E-state index in [1.165, 1.54) is 0 Å². The van der Waals surface area contributed by atoms with Crippen molar-refractivity contribution in [2.24, 2.45) is 5.92 Å². The van der Waals surface area contributed by atoms with Crippen LogP contribution in [0.15, 0.2) is 0 Å². The van der Waals surface area contributed by atoms with Crippen molar-refractivity contribution in [1.82, 2.24) is 15.4 Å². The monoisotopic (exact) mass is 435 g/mol. The molecule has 2 rings (SSSR count). The maximum absolute atomic E-state index is 12.3.